The van der Waals surface area contributed by atoms with Crippen LogP contribution in [0.25, 0.3) is 0 Å². The minimum absolute atomic E-state index is 0.207. The third-order valence-electron chi connectivity index (χ3n) is 1.93. The summed E-state index contributed by atoms with van der Waals surface area (Å²) in [6.07, 6.45) is 0.865. The van der Waals surface area contributed by atoms with Crippen molar-refractivity contribution in [3.05, 3.63) is 29.3 Å². The van der Waals surface area contributed by atoms with Gasteiger partial charge in [-0.05, 0) is 18.6 Å². The highest BCUT2D eigenvalue weighted by molar-refractivity contribution is 8.00. The molecular formula is C11H13ClO2S. The molecule has 0 aliphatic heterocycles. The highest BCUT2D eigenvalue weighted by atomic mass is 35.5. The van der Waals surface area contributed by atoms with Crippen molar-refractivity contribution in [1.82, 2.24) is 0 Å². The zero-order valence-electron chi connectivity index (χ0n) is 8.44. The molecule has 0 aromatic heterocycles. The van der Waals surface area contributed by atoms with Crippen molar-refractivity contribution in [2.75, 3.05) is 0 Å². The molecule has 1 aromatic carbocycles. The van der Waals surface area contributed by atoms with Gasteiger partial charge >= 0.3 is 5.97 Å². The Kier molecular flexibility index (Phi) is 4.99. The number of aliphatic carboxylic acids is 1. The van der Waals surface area contributed by atoms with E-state index >= 15 is 0 Å². The van der Waals surface area contributed by atoms with Crippen LogP contribution in [-0.2, 0) is 4.79 Å². The maximum Gasteiger partial charge on any atom is 0.303 e. The maximum absolute atomic E-state index is 10.4. The second kappa shape index (κ2) is 6.03. The van der Waals surface area contributed by atoms with Gasteiger partial charge in [0.2, 0.25) is 0 Å². The number of thioether (sulfide) groups is 1. The fourth-order valence-electron chi connectivity index (χ4n) is 1.14. The van der Waals surface area contributed by atoms with Crippen molar-refractivity contribution in [2.45, 2.75) is 29.9 Å². The lowest BCUT2D eigenvalue weighted by Crippen LogP contribution is -2.02. The first-order valence-electron chi connectivity index (χ1n) is 4.72. The Labute approximate surface area is 98.6 Å². The monoisotopic (exact) mass is 244 g/mol. The Morgan fingerprint density at radius 2 is 2.20 bits per heavy atom. The summed E-state index contributed by atoms with van der Waals surface area (Å²) in [5, 5.41) is 9.54. The van der Waals surface area contributed by atoms with E-state index in [1.54, 1.807) is 11.8 Å². The molecule has 0 heterocycles. The van der Waals surface area contributed by atoms with Gasteiger partial charge in [0, 0.05) is 16.6 Å². The van der Waals surface area contributed by atoms with Crippen molar-refractivity contribution in [2.24, 2.45) is 0 Å². The normalized spacial score (nSPS) is 12.4. The van der Waals surface area contributed by atoms with E-state index in [0.29, 0.717) is 6.42 Å². The van der Waals surface area contributed by atoms with Crippen LogP contribution in [-0.4, -0.2) is 16.3 Å². The number of carboxylic acids is 1. The van der Waals surface area contributed by atoms with Crippen molar-refractivity contribution in [3.8, 4) is 0 Å². The first-order valence-corrected chi connectivity index (χ1v) is 5.98. The van der Waals surface area contributed by atoms with Gasteiger partial charge in [0.15, 0.2) is 0 Å². The quantitative estimate of drug-likeness (QED) is 0.803. The molecule has 0 aliphatic rings. The van der Waals surface area contributed by atoms with Crippen molar-refractivity contribution in [1.29, 1.82) is 0 Å². The minimum Gasteiger partial charge on any atom is -0.481 e. The molecule has 1 unspecified atom stereocenters. The number of benzene rings is 1. The molecular weight excluding hydrogens is 232 g/mol. The maximum atomic E-state index is 10.4. The average Bonchev–Trinajstić information content (AvgIpc) is 2.18. The van der Waals surface area contributed by atoms with Gasteiger partial charge in [0.05, 0.1) is 5.02 Å². The Hall–Kier alpha value is -0.670. The van der Waals surface area contributed by atoms with Crippen LogP contribution in [0.4, 0.5) is 0 Å². The summed E-state index contributed by atoms with van der Waals surface area (Å²) in [7, 11) is 0. The van der Waals surface area contributed by atoms with Gasteiger partial charge in [-0.2, -0.15) is 0 Å². The Morgan fingerprint density at radius 1 is 1.53 bits per heavy atom. The molecule has 0 radical (unpaired) electrons. The molecule has 15 heavy (non-hydrogen) atoms. The molecule has 2 nitrogen and oxygen atoms in total. The predicted octanol–water partition coefficient (Wildman–Crippen LogP) is 3.69. The van der Waals surface area contributed by atoms with Gasteiger partial charge in [-0.1, -0.05) is 30.7 Å². The lowest BCUT2D eigenvalue weighted by Gasteiger charge is -2.10. The highest BCUT2D eigenvalue weighted by Crippen LogP contribution is 2.31. The zero-order chi connectivity index (χ0) is 11.3. The van der Waals surface area contributed by atoms with Crippen LogP contribution in [0.5, 0.6) is 0 Å². The molecule has 4 heteroatoms. The van der Waals surface area contributed by atoms with Gasteiger partial charge in [0.1, 0.15) is 0 Å². The van der Waals surface area contributed by atoms with Crippen LogP contribution in [0, 0.1) is 0 Å². The SMILES string of the molecule is CC(CCC(=O)O)Sc1ccccc1Cl. The first kappa shape index (κ1) is 12.4. The number of carboxylic acid groups (broad SMARTS) is 1. The highest BCUT2D eigenvalue weighted by Gasteiger charge is 2.08. The van der Waals surface area contributed by atoms with Crippen molar-refractivity contribution in [3.63, 3.8) is 0 Å². The Balaban J connectivity index is 2.47. The van der Waals surface area contributed by atoms with Gasteiger partial charge in [-0.25, -0.2) is 0 Å². The van der Waals surface area contributed by atoms with Gasteiger partial charge in [-0.3, -0.25) is 4.79 Å². The topological polar surface area (TPSA) is 37.3 Å². The van der Waals surface area contributed by atoms with E-state index in [4.69, 9.17) is 16.7 Å². The summed E-state index contributed by atoms with van der Waals surface area (Å²) in [5.41, 5.74) is 0. The number of carbonyl (C=O) groups is 1. The molecule has 0 fully saturated rings. The summed E-state index contributed by atoms with van der Waals surface area (Å²) < 4.78 is 0. The van der Waals surface area contributed by atoms with Crippen LogP contribution in [0.3, 0.4) is 0 Å². The second-order valence-electron chi connectivity index (χ2n) is 3.29. The van der Waals surface area contributed by atoms with Gasteiger partial charge in [-0.15, -0.1) is 11.8 Å². The molecule has 1 N–H and O–H groups in total. The first-order chi connectivity index (χ1) is 7.09. The zero-order valence-corrected chi connectivity index (χ0v) is 10.0. The third-order valence-corrected chi connectivity index (χ3v) is 3.62. The molecule has 0 spiro atoms. The number of halogens is 1. The van der Waals surface area contributed by atoms with Crippen LogP contribution >= 0.6 is 23.4 Å². The smallest absolute Gasteiger partial charge is 0.303 e. The van der Waals surface area contributed by atoms with Crippen LogP contribution in [0.1, 0.15) is 19.8 Å². The summed E-state index contributed by atoms with van der Waals surface area (Å²) in [6, 6.07) is 7.60. The standard InChI is InChI=1S/C11H13ClO2S/c1-8(6-7-11(13)14)15-10-5-3-2-4-9(10)12/h2-5,8H,6-7H2,1H3,(H,13,14). The van der Waals surface area contributed by atoms with E-state index in [1.807, 2.05) is 31.2 Å². The van der Waals surface area contributed by atoms with Crippen LogP contribution < -0.4 is 0 Å². The molecule has 0 saturated carbocycles. The Morgan fingerprint density at radius 3 is 2.80 bits per heavy atom. The fraction of sp³-hybridized carbons (Fsp3) is 0.364. The Bertz CT molecular complexity index is 341. The van der Waals surface area contributed by atoms with E-state index < -0.39 is 5.97 Å². The average molecular weight is 245 g/mol. The fourth-order valence-corrected chi connectivity index (χ4v) is 2.42. The summed E-state index contributed by atoms with van der Waals surface area (Å²) in [5.74, 6) is -0.749. The van der Waals surface area contributed by atoms with Crippen LogP contribution in [0.2, 0.25) is 5.02 Å². The van der Waals surface area contributed by atoms with Gasteiger partial charge < -0.3 is 5.11 Å². The summed E-state index contributed by atoms with van der Waals surface area (Å²) in [4.78, 5) is 11.4. The summed E-state index contributed by atoms with van der Waals surface area (Å²) >= 11 is 7.61. The molecule has 0 bridgehead atoms. The van der Waals surface area contributed by atoms with E-state index in [9.17, 15) is 4.79 Å². The van der Waals surface area contributed by atoms with E-state index in [-0.39, 0.29) is 11.7 Å². The number of hydrogen-bond donors (Lipinski definition) is 1. The van der Waals surface area contributed by atoms with Crippen molar-refractivity contribution < 1.29 is 9.90 Å². The molecule has 1 rings (SSSR count). The van der Waals surface area contributed by atoms with E-state index in [0.717, 1.165) is 9.92 Å². The minimum atomic E-state index is -0.749. The number of hydrogen-bond acceptors (Lipinski definition) is 2. The molecule has 0 amide bonds. The van der Waals surface area contributed by atoms with Crippen molar-refractivity contribution >= 4 is 29.3 Å². The van der Waals surface area contributed by atoms with E-state index in [2.05, 4.69) is 0 Å². The van der Waals surface area contributed by atoms with Gasteiger partial charge in [0.25, 0.3) is 0 Å². The predicted molar refractivity (Wildman–Crippen MR) is 63.6 cm³/mol. The third kappa shape index (κ3) is 4.58. The lowest BCUT2D eigenvalue weighted by atomic mass is 10.2. The van der Waals surface area contributed by atoms with Crippen LogP contribution in [0.15, 0.2) is 29.2 Å². The van der Waals surface area contributed by atoms with E-state index in [1.165, 1.54) is 0 Å². The summed E-state index contributed by atoms with van der Waals surface area (Å²) in [6.45, 7) is 2.01. The number of rotatable bonds is 5. The largest absolute Gasteiger partial charge is 0.481 e. The lowest BCUT2D eigenvalue weighted by molar-refractivity contribution is -0.137. The molecule has 82 valence electrons. The molecule has 0 saturated heterocycles. The second-order valence-corrected chi connectivity index (χ2v) is 5.18. The molecule has 1 atom stereocenters. The molecule has 1 aromatic rings. The molecule has 0 aliphatic carbocycles.